The molecule has 4 aromatic rings. The van der Waals surface area contributed by atoms with Gasteiger partial charge in [-0.15, -0.1) is 0 Å². The Kier molecular flexibility index (Phi) is 6.08. The van der Waals surface area contributed by atoms with Crippen LogP contribution in [0.1, 0.15) is 20.7 Å². The molecule has 2 N–H and O–H groups in total. The molecule has 2 aromatic heterocycles. The number of carbonyl (C=O) groups excluding carboxylic acids is 2. The van der Waals surface area contributed by atoms with Gasteiger partial charge < -0.3 is 15.4 Å². The number of rotatable bonds is 6. The van der Waals surface area contributed by atoms with Crippen molar-refractivity contribution >= 4 is 38.3 Å². The lowest BCUT2D eigenvalue weighted by molar-refractivity contribution is 0.0383. The molecule has 3 heterocycles. The molecule has 0 bridgehead atoms. The van der Waals surface area contributed by atoms with Crippen molar-refractivity contribution < 1.29 is 14.3 Å². The molecule has 1 fully saturated rings. The maximum absolute atomic E-state index is 12.6. The van der Waals surface area contributed by atoms with Crippen molar-refractivity contribution in [3.8, 4) is 11.3 Å². The van der Waals surface area contributed by atoms with Gasteiger partial charge in [0.25, 0.3) is 11.8 Å². The molecule has 0 radical (unpaired) electrons. The number of hydrogen-bond acceptors (Lipinski definition) is 6. The van der Waals surface area contributed by atoms with Gasteiger partial charge in [-0.25, -0.2) is 4.98 Å². The first kappa shape index (κ1) is 21.6. The maximum atomic E-state index is 12.6. The van der Waals surface area contributed by atoms with Gasteiger partial charge in [-0.2, -0.15) is 0 Å². The van der Waals surface area contributed by atoms with Gasteiger partial charge in [-0.1, -0.05) is 23.5 Å². The molecule has 0 aliphatic carbocycles. The molecule has 0 unspecified atom stereocenters. The Morgan fingerprint density at radius 3 is 2.58 bits per heavy atom. The van der Waals surface area contributed by atoms with Crippen molar-refractivity contribution in [1.82, 2.24) is 24.9 Å². The van der Waals surface area contributed by atoms with Gasteiger partial charge in [0, 0.05) is 56.1 Å². The van der Waals surface area contributed by atoms with Gasteiger partial charge in [0.05, 0.1) is 29.1 Å². The van der Waals surface area contributed by atoms with Gasteiger partial charge in [-0.05, 0) is 30.3 Å². The summed E-state index contributed by atoms with van der Waals surface area (Å²) < 4.78 is 8.41. The summed E-state index contributed by atoms with van der Waals surface area (Å²) in [5, 5.41) is 5.64. The third-order valence-corrected chi connectivity index (χ3v) is 6.86. The van der Waals surface area contributed by atoms with Gasteiger partial charge in [0.1, 0.15) is 0 Å². The van der Waals surface area contributed by atoms with Gasteiger partial charge >= 0.3 is 0 Å². The summed E-state index contributed by atoms with van der Waals surface area (Å²) in [6.07, 6.45) is 1.99. The van der Waals surface area contributed by atoms with E-state index in [1.807, 2.05) is 40.9 Å². The number of nitrogens with one attached hydrogen (secondary N) is 2. The van der Waals surface area contributed by atoms with Crippen molar-refractivity contribution in [3.63, 3.8) is 0 Å². The Labute approximate surface area is 195 Å². The Balaban J connectivity index is 1.30. The van der Waals surface area contributed by atoms with Crippen LogP contribution in [0.2, 0.25) is 0 Å². The molecular formula is C24H25N5O3S. The zero-order chi connectivity index (χ0) is 22.8. The number of carbonyl (C=O) groups is 2. The highest BCUT2D eigenvalue weighted by Gasteiger charge is 2.14. The summed E-state index contributed by atoms with van der Waals surface area (Å²) in [6, 6.07) is 13.1. The number of nitrogens with zero attached hydrogens (tertiary/aromatic N) is 3. The second kappa shape index (κ2) is 9.30. The number of fused-ring (bicyclic) bond motifs is 3. The van der Waals surface area contributed by atoms with Crippen LogP contribution in [0.4, 0.5) is 0 Å². The first-order valence-corrected chi connectivity index (χ1v) is 11.8. The van der Waals surface area contributed by atoms with Crippen LogP contribution in [-0.4, -0.2) is 72.5 Å². The Bertz CT molecular complexity index is 1310. The van der Waals surface area contributed by atoms with Crippen LogP contribution < -0.4 is 10.6 Å². The lowest BCUT2D eigenvalue weighted by atomic mass is 10.1. The zero-order valence-electron chi connectivity index (χ0n) is 18.3. The van der Waals surface area contributed by atoms with E-state index < -0.39 is 0 Å². The van der Waals surface area contributed by atoms with Crippen LogP contribution in [0.5, 0.6) is 0 Å². The maximum Gasteiger partial charge on any atom is 0.251 e. The molecule has 0 atom stereocenters. The van der Waals surface area contributed by atoms with Crippen molar-refractivity contribution in [2.45, 2.75) is 0 Å². The smallest absolute Gasteiger partial charge is 0.251 e. The number of aromatic nitrogens is 2. The quantitative estimate of drug-likeness (QED) is 0.459. The van der Waals surface area contributed by atoms with E-state index in [0.717, 1.165) is 59.3 Å². The summed E-state index contributed by atoms with van der Waals surface area (Å²) >= 11 is 1.55. The molecule has 5 rings (SSSR count). The predicted molar refractivity (Wildman–Crippen MR) is 129 cm³/mol. The van der Waals surface area contributed by atoms with Gasteiger partial charge in [-0.3, -0.25) is 18.9 Å². The third-order valence-electron chi connectivity index (χ3n) is 5.84. The molecule has 9 heteroatoms. The minimum absolute atomic E-state index is 0.0619. The zero-order valence-corrected chi connectivity index (χ0v) is 19.2. The lowest BCUT2D eigenvalue weighted by Crippen LogP contribution is -2.41. The third kappa shape index (κ3) is 4.47. The fourth-order valence-corrected chi connectivity index (χ4v) is 5.02. The summed E-state index contributed by atoms with van der Waals surface area (Å²) in [6.45, 7) is 4.79. The highest BCUT2D eigenvalue weighted by Crippen LogP contribution is 2.30. The summed E-state index contributed by atoms with van der Waals surface area (Å²) in [7, 11) is 1.62. The largest absolute Gasteiger partial charge is 0.379 e. The van der Waals surface area contributed by atoms with E-state index in [2.05, 4.69) is 15.5 Å². The molecule has 1 aliphatic rings. The summed E-state index contributed by atoms with van der Waals surface area (Å²) in [5.74, 6) is -0.174. The van der Waals surface area contributed by atoms with E-state index in [-0.39, 0.29) is 11.8 Å². The Morgan fingerprint density at radius 1 is 1.06 bits per heavy atom. The molecule has 1 aliphatic heterocycles. The van der Waals surface area contributed by atoms with Crippen molar-refractivity contribution in [1.29, 1.82) is 0 Å². The Morgan fingerprint density at radius 2 is 1.82 bits per heavy atom. The topological polar surface area (TPSA) is 88.0 Å². The number of ether oxygens (including phenoxy) is 1. The van der Waals surface area contributed by atoms with E-state index in [0.29, 0.717) is 17.7 Å². The van der Waals surface area contributed by atoms with E-state index in [1.54, 1.807) is 30.5 Å². The molecule has 2 amide bonds. The van der Waals surface area contributed by atoms with Crippen molar-refractivity contribution in [2.24, 2.45) is 0 Å². The van der Waals surface area contributed by atoms with E-state index in [9.17, 15) is 9.59 Å². The van der Waals surface area contributed by atoms with Crippen LogP contribution >= 0.6 is 11.3 Å². The van der Waals surface area contributed by atoms with Crippen LogP contribution in [0.25, 0.3) is 26.4 Å². The number of benzene rings is 2. The molecular weight excluding hydrogens is 438 g/mol. The molecule has 0 spiro atoms. The second-order valence-corrected chi connectivity index (χ2v) is 8.94. The van der Waals surface area contributed by atoms with Crippen LogP contribution in [0, 0.1) is 0 Å². The highest BCUT2D eigenvalue weighted by atomic mass is 32.1. The minimum atomic E-state index is -0.112. The van der Waals surface area contributed by atoms with E-state index >= 15 is 0 Å². The standard InChI is InChI=1S/C24H25N5O3S/c1-25-22(30)17-4-2-16(3-5-17)19-15-29-20-7-6-18(14-21(20)33-24(29)27-19)23(31)26-8-9-28-10-12-32-13-11-28/h2-7,14-15H,8-13H2,1H3,(H,25,30)(H,26,31). The second-order valence-electron chi connectivity index (χ2n) is 7.93. The van der Waals surface area contributed by atoms with Crippen LogP contribution in [0.3, 0.4) is 0 Å². The predicted octanol–water partition coefficient (Wildman–Crippen LogP) is 2.64. The first-order chi connectivity index (χ1) is 16.1. The monoisotopic (exact) mass is 463 g/mol. The van der Waals surface area contributed by atoms with Crippen LogP contribution in [0.15, 0.2) is 48.7 Å². The van der Waals surface area contributed by atoms with Gasteiger partial charge in [0.2, 0.25) is 0 Å². The fourth-order valence-electron chi connectivity index (χ4n) is 3.97. The molecule has 2 aromatic carbocycles. The van der Waals surface area contributed by atoms with E-state index in [4.69, 9.17) is 9.72 Å². The number of morpholine rings is 1. The first-order valence-electron chi connectivity index (χ1n) is 10.9. The average molecular weight is 464 g/mol. The Hall–Kier alpha value is -3.27. The summed E-state index contributed by atoms with van der Waals surface area (Å²) in [5.41, 5.74) is 4.07. The van der Waals surface area contributed by atoms with Gasteiger partial charge in [0.15, 0.2) is 4.96 Å². The van der Waals surface area contributed by atoms with Crippen molar-refractivity contribution in [2.75, 3.05) is 46.4 Å². The molecule has 0 saturated carbocycles. The number of imidazole rings is 1. The van der Waals surface area contributed by atoms with E-state index in [1.165, 1.54) is 0 Å². The van der Waals surface area contributed by atoms with Crippen molar-refractivity contribution in [3.05, 3.63) is 59.8 Å². The lowest BCUT2D eigenvalue weighted by Gasteiger charge is -2.26. The average Bonchev–Trinajstić information content (AvgIpc) is 3.42. The SMILES string of the molecule is CNC(=O)c1ccc(-c2cn3c(n2)sc2cc(C(=O)NCCN4CCOCC4)ccc23)cc1. The summed E-state index contributed by atoms with van der Waals surface area (Å²) in [4.78, 5) is 32.3. The molecule has 8 nitrogen and oxygen atoms in total. The molecule has 33 heavy (non-hydrogen) atoms. The molecule has 170 valence electrons. The number of amides is 2. The molecule has 1 saturated heterocycles. The number of hydrogen-bond donors (Lipinski definition) is 2. The highest BCUT2D eigenvalue weighted by molar-refractivity contribution is 7.23. The minimum Gasteiger partial charge on any atom is -0.379 e. The normalized spacial score (nSPS) is 14.6. The fraction of sp³-hybridized carbons (Fsp3) is 0.292. The van der Waals surface area contributed by atoms with Crippen LogP contribution in [-0.2, 0) is 4.74 Å². The number of thiazole rings is 1.